The lowest BCUT2D eigenvalue weighted by atomic mass is 10.2. The van der Waals surface area contributed by atoms with Crippen molar-refractivity contribution in [1.29, 1.82) is 0 Å². The maximum absolute atomic E-state index is 13.1. The van der Waals surface area contributed by atoms with Crippen LogP contribution in [0.3, 0.4) is 0 Å². The van der Waals surface area contributed by atoms with Crippen molar-refractivity contribution in [2.75, 3.05) is 5.32 Å². The van der Waals surface area contributed by atoms with E-state index in [2.05, 4.69) is 20.8 Å². The predicted molar refractivity (Wildman–Crippen MR) is 91.9 cm³/mol. The summed E-state index contributed by atoms with van der Waals surface area (Å²) in [5, 5.41) is 12.9. The third kappa shape index (κ3) is 4.45. The van der Waals surface area contributed by atoms with Crippen molar-refractivity contribution in [2.24, 2.45) is 0 Å². The highest BCUT2D eigenvalue weighted by Gasteiger charge is 2.17. The van der Waals surface area contributed by atoms with Crippen LogP contribution < -0.4 is 10.6 Å². The fraction of sp³-hybridized carbons (Fsp3) is 0.0588. The van der Waals surface area contributed by atoms with Crippen LogP contribution in [0.1, 0.15) is 25.2 Å². The molecule has 0 aliphatic carbocycles. The van der Waals surface area contributed by atoms with Gasteiger partial charge in [-0.2, -0.15) is 0 Å². The highest BCUT2D eigenvalue weighted by molar-refractivity contribution is 7.15. The first-order valence-electron chi connectivity index (χ1n) is 7.34. The Kier molecular flexibility index (Phi) is 5.10. The Morgan fingerprint density at radius 1 is 0.960 bits per heavy atom. The first-order valence-corrected chi connectivity index (χ1v) is 8.16. The molecule has 2 amide bonds. The second-order valence-corrected chi connectivity index (χ2v) is 6.02. The van der Waals surface area contributed by atoms with Crippen LogP contribution in [0.4, 0.5) is 10.1 Å². The third-order valence-corrected chi connectivity index (χ3v) is 4.11. The van der Waals surface area contributed by atoms with Crippen LogP contribution in [0.25, 0.3) is 0 Å². The first-order chi connectivity index (χ1) is 12.1. The summed E-state index contributed by atoms with van der Waals surface area (Å²) < 4.78 is 13.1. The van der Waals surface area contributed by atoms with Crippen LogP contribution in [0.2, 0.25) is 0 Å². The Morgan fingerprint density at radius 2 is 1.68 bits per heavy atom. The molecule has 126 valence electrons. The molecule has 0 aliphatic heterocycles. The number of carbonyl (C=O) groups is 2. The summed E-state index contributed by atoms with van der Waals surface area (Å²) in [6, 6.07) is 14.8. The van der Waals surface area contributed by atoms with E-state index >= 15 is 0 Å². The summed E-state index contributed by atoms with van der Waals surface area (Å²) >= 11 is 0.886. The molecular weight excluding hydrogens is 343 g/mol. The maximum Gasteiger partial charge on any atom is 0.286 e. The second-order valence-electron chi connectivity index (χ2n) is 5.05. The number of anilines is 1. The molecule has 0 aliphatic rings. The maximum atomic E-state index is 13.1. The lowest BCUT2D eigenvalue weighted by molar-refractivity contribution is 0.0948. The largest absolute Gasteiger partial charge is 0.346 e. The molecule has 2 N–H and O–H groups in total. The normalized spacial score (nSPS) is 10.3. The molecule has 3 rings (SSSR count). The van der Waals surface area contributed by atoms with E-state index in [1.165, 1.54) is 12.1 Å². The molecule has 0 saturated heterocycles. The lowest BCUT2D eigenvalue weighted by Crippen LogP contribution is -2.22. The van der Waals surface area contributed by atoms with Crippen LogP contribution in [-0.2, 0) is 6.54 Å². The minimum Gasteiger partial charge on any atom is -0.346 e. The quantitative estimate of drug-likeness (QED) is 0.736. The summed E-state index contributed by atoms with van der Waals surface area (Å²) in [7, 11) is 0. The van der Waals surface area contributed by atoms with E-state index in [-0.39, 0.29) is 22.4 Å². The minimum atomic E-state index is -0.472. The molecule has 0 saturated carbocycles. The fourth-order valence-corrected chi connectivity index (χ4v) is 2.67. The number of halogens is 1. The molecule has 0 spiro atoms. The number of nitrogens with zero attached hydrogens (tertiary/aromatic N) is 2. The summed E-state index contributed by atoms with van der Waals surface area (Å²) in [5.74, 6) is -1.28. The van der Waals surface area contributed by atoms with Gasteiger partial charge in [-0.05, 0) is 29.8 Å². The molecule has 3 aromatic rings. The van der Waals surface area contributed by atoms with Gasteiger partial charge in [-0.25, -0.2) is 4.39 Å². The summed E-state index contributed by atoms with van der Waals surface area (Å²) in [6.45, 7) is 0.154. The number of hydrogen-bond donors (Lipinski definition) is 2. The molecule has 1 heterocycles. The monoisotopic (exact) mass is 356 g/mol. The number of para-hydroxylation sites is 1. The van der Waals surface area contributed by atoms with Gasteiger partial charge < -0.3 is 10.6 Å². The Hall–Kier alpha value is -3.13. The van der Waals surface area contributed by atoms with Gasteiger partial charge in [0, 0.05) is 12.2 Å². The second kappa shape index (κ2) is 7.63. The fourth-order valence-electron chi connectivity index (χ4n) is 2.02. The molecule has 0 atom stereocenters. The molecule has 25 heavy (non-hydrogen) atoms. The zero-order chi connectivity index (χ0) is 17.6. The van der Waals surface area contributed by atoms with E-state index in [1.54, 1.807) is 36.4 Å². The van der Waals surface area contributed by atoms with E-state index in [1.807, 2.05) is 6.07 Å². The van der Waals surface area contributed by atoms with Crippen LogP contribution in [0.15, 0.2) is 54.6 Å². The van der Waals surface area contributed by atoms with Gasteiger partial charge in [0.05, 0.1) is 0 Å². The highest BCUT2D eigenvalue weighted by atomic mass is 32.1. The Labute approximate surface area is 146 Å². The van der Waals surface area contributed by atoms with Crippen LogP contribution in [0.5, 0.6) is 0 Å². The van der Waals surface area contributed by atoms with Gasteiger partial charge in [0.25, 0.3) is 11.8 Å². The van der Waals surface area contributed by atoms with Crippen molar-refractivity contribution < 1.29 is 14.0 Å². The van der Waals surface area contributed by atoms with E-state index in [0.29, 0.717) is 11.3 Å². The van der Waals surface area contributed by atoms with Crippen molar-refractivity contribution >= 4 is 28.8 Å². The summed E-state index contributed by atoms with van der Waals surface area (Å²) in [4.78, 5) is 24.2. The SMILES string of the molecule is O=C(NCc1cccc(F)c1)c1nnc(C(=O)Nc2ccccc2)s1. The van der Waals surface area contributed by atoms with Gasteiger partial charge in [0.2, 0.25) is 10.0 Å². The van der Waals surface area contributed by atoms with Gasteiger partial charge in [-0.15, -0.1) is 10.2 Å². The first kappa shape index (κ1) is 16.7. The number of nitrogens with one attached hydrogen (secondary N) is 2. The van der Waals surface area contributed by atoms with E-state index < -0.39 is 11.8 Å². The zero-order valence-electron chi connectivity index (χ0n) is 12.9. The highest BCUT2D eigenvalue weighted by Crippen LogP contribution is 2.13. The average Bonchev–Trinajstić information content (AvgIpc) is 3.11. The Morgan fingerprint density at radius 3 is 2.40 bits per heavy atom. The topological polar surface area (TPSA) is 84.0 Å². The number of amides is 2. The van der Waals surface area contributed by atoms with Crippen molar-refractivity contribution in [1.82, 2.24) is 15.5 Å². The molecule has 0 unspecified atom stereocenters. The molecule has 8 heteroatoms. The number of benzene rings is 2. The van der Waals surface area contributed by atoms with Gasteiger partial charge >= 0.3 is 0 Å². The predicted octanol–water partition coefficient (Wildman–Crippen LogP) is 2.86. The van der Waals surface area contributed by atoms with Gasteiger partial charge in [-0.1, -0.05) is 41.7 Å². The molecule has 2 aromatic carbocycles. The lowest BCUT2D eigenvalue weighted by Gasteiger charge is -2.03. The van der Waals surface area contributed by atoms with Crippen molar-refractivity contribution in [3.8, 4) is 0 Å². The third-order valence-electron chi connectivity index (χ3n) is 3.19. The Bertz CT molecular complexity index is 898. The average molecular weight is 356 g/mol. The van der Waals surface area contributed by atoms with E-state index in [9.17, 15) is 14.0 Å². The number of carbonyl (C=O) groups excluding carboxylic acids is 2. The molecule has 1 aromatic heterocycles. The van der Waals surface area contributed by atoms with Crippen molar-refractivity contribution in [3.05, 3.63) is 76.0 Å². The zero-order valence-corrected chi connectivity index (χ0v) is 13.7. The minimum absolute atomic E-state index is 0.0645. The Balaban J connectivity index is 1.60. The molecular formula is C17H13FN4O2S. The standard InChI is InChI=1S/C17H13FN4O2S/c18-12-6-4-5-11(9-12)10-19-14(23)16-21-22-17(25-16)15(24)20-13-7-2-1-3-8-13/h1-9H,10H2,(H,19,23)(H,20,24). The summed E-state index contributed by atoms with van der Waals surface area (Å²) in [5.41, 5.74) is 1.25. The molecule has 6 nitrogen and oxygen atoms in total. The number of aromatic nitrogens is 2. The van der Waals surface area contributed by atoms with Crippen molar-refractivity contribution in [2.45, 2.75) is 6.54 Å². The number of rotatable bonds is 5. The van der Waals surface area contributed by atoms with Gasteiger partial charge in [0.15, 0.2) is 0 Å². The molecule has 0 fully saturated rings. The van der Waals surface area contributed by atoms with Crippen LogP contribution in [0, 0.1) is 5.82 Å². The van der Waals surface area contributed by atoms with E-state index in [4.69, 9.17) is 0 Å². The smallest absolute Gasteiger partial charge is 0.286 e. The van der Waals surface area contributed by atoms with Gasteiger partial charge in [-0.3, -0.25) is 9.59 Å². The number of hydrogen-bond acceptors (Lipinski definition) is 5. The van der Waals surface area contributed by atoms with Gasteiger partial charge in [0.1, 0.15) is 5.82 Å². The molecule has 0 radical (unpaired) electrons. The van der Waals surface area contributed by atoms with Crippen LogP contribution in [-0.4, -0.2) is 22.0 Å². The van der Waals surface area contributed by atoms with E-state index in [0.717, 1.165) is 11.3 Å². The summed E-state index contributed by atoms with van der Waals surface area (Å²) in [6.07, 6.45) is 0. The van der Waals surface area contributed by atoms with Crippen LogP contribution >= 0.6 is 11.3 Å². The van der Waals surface area contributed by atoms with Crippen molar-refractivity contribution in [3.63, 3.8) is 0 Å². The molecule has 0 bridgehead atoms.